The minimum atomic E-state index is -4.35. The number of benzene rings is 1. The molecular weight excluding hydrogens is 412 g/mol. The number of carbonyl (C=O) groups is 1. The van der Waals surface area contributed by atoms with Gasteiger partial charge in [0.05, 0.1) is 24.5 Å². The number of phenolic OH excluding ortho intramolecular Hbond substituents is 1. The molecule has 4 N–H and O–H groups in total. The van der Waals surface area contributed by atoms with Crippen molar-refractivity contribution in [3.8, 4) is 5.75 Å². The number of nitrogens with zero attached hydrogens (tertiary/aromatic N) is 4. The number of phenols is 1. The van der Waals surface area contributed by atoms with Crippen LogP contribution in [0.1, 0.15) is 22.8 Å². The van der Waals surface area contributed by atoms with Crippen molar-refractivity contribution in [3.05, 3.63) is 54.6 Å². The van der Waals surface area contributed by atoms with E-state index < -0.39 is 16.2 Å². The van der Waals surface area contributed by atoms with E-state index in [1.54, 1.807) is 11.0 Å². The predicted molar refractivity (Wildman–Crippen MR) is 106 cm³/mol. The maximum Gasteiger partial charge on any atom is 0.362 e. The van der Waals surface area contributed by atoms with Gasteiger partial charge in [0.15, 0.2) is 11.5 Å². The predicted octanol–water partition coefficient (Wildman–Crippen LogP) is 0.923. The lowest BCUT2D eigenvalue weighted by Gasteiger charge is -2.14. The van der Waals surface area contributed by atoms with E-state index in [9.17, 15) is 18.3 Å². The molecule has 2 unspecified atom stereocenters. The molecule has 0 bridgehead atoms. The van der Waals surface area contributed by atoms with Gasteiger partial charge >= 0.3 is 10.3 Å². The van der Waals surface area contributed by atoms with Gasteiger partial charge in [-0.05, 0) is 18.6 Å². The van der Waals surface area contributed by atoms with Gasteiger partial charge in [0.2, 0.25) is 0 Å². The summed E-state index contributed by atoms with van der Waals surface area (Å²) in [5.74, 6) is -1.23. The van der Waals surface area contributed by atoms with Gasteiger partial charge in [-0.1, -0.05) is 24.3 Å². The lowest BCUT2D eigenvalue weighted by Crippen LogP contribution is -2.33. The Balaban J connectivity index is 1.37. The maximum absolute atomic E-state index is 12.1. The van der Waals surface area contributed by atoms with Crippen LogP contribution in [0.5, 0.6) is 5.75 Å². The second-order valence-corrected chi connectivity index (χ2v) is 8.07. The van der Waals surface area contributed by atoms with E-state index in [1.807, 2.05) is 16.7 Å². The van der Waals surface area contributed by atoms with Gasteiger partial charge < -0.3 is 15.4 Å². The Kier molecular flexibility index (Phi) is 5.10. The van der Waals surface area contributed by atoms with Crippen molar-refractivity contribution in [1.82, 2.24) is 24.2 Å². The van der Waals surface area contributed by atoms with Gasteiger partial charge in [0.25, 0.3) is 5.91 Å². The molecular formula is C18H18N6O5S. The lowest BCUT2D eigenvalue weighted by molar-refractivity contribution is 0.0973. The Labute approximate surface area is 171 Å². The second kappa shape index (κ2) is 7.72. The van der Waals surface area contributed by atoms with Crippen LogP contribution in [0.25, 0.3) is 11.2 Å². The number of nitrogen functional groups attached to an aromatic ring is 1. The first kappa shape index (κ1) is 19.8. The highest BCUT2D eigenvalue weighted by molar-refractivity contribution is 7.85. The molecule has 12 heteroatoms. The zero-order valence-corrected chi connectivity index (χ0v) is 16.4. The van der Waals surface area contributed by atoms with Gasteiger partial charge in [-0.2, -0.15) is 8.42 Å². The lowest BCUT2D eigenvalue weighted by atomic mass is 10.1. The number of nitrogens with two attached hydrogens (primary N) is 1. The topological polar surface area (TPSA) is 162 Å². The molecule has 11 nitrogen and oxygen atoms in total. The molecule has 0 saturated heterocycles. The summed E-state index contributed by atoms with van der Waals surface area (Å²) in [5, 5.41) is 9.66. The average molecular weight is 430 g/mol. The molecule has 1 aliphatic carbocycles. The summed E-state index contributed by atoms with van der Waals surface area (Å²) in [7, 11) is -4.35. The van der Waals surface area contributed by atoms with Crippen LogP contribution < -0.4 is 10.5 Å². The van der Waals surface area contributed by atoms with Gasteiger partial charge in [-0.3, -0.25) is 8.98 Å². The Hall–Kier alpha value is -3.51. The van der Waals surface area contributed by atoms with Crippen LogP contribution in [-0.4, -0.2) is 45.6 Å². The van der Waals surface area contributed by atoms with Crippen molar-refractivity contribution in [2.75, 3.05) is 12.3 Å². The summed E-state index contributed by atoms with van der Waals surface area (Å²) in [6, 6.07) is 5.50. The minimum Gasteiger partial charge on any atom is -0.507 e. The summed E-state index contributed by atoms with van der Waals surface area (Å²) in [6.45, 7) is -0.153. The molecule has 0 aliphatic heterocycles. The summed E-state index contributed by atoms with van der Waals surface area (Å²) < 4.78 is 32.8. The molecule has 0 fully saturated rings. The number of aromatic nitrogens is 4. The number of hydrogen-bond donors (Lipinski definition) is 3. The van der Waals surface area contributed by atoms with E-state index in [0.717, 1.165) is 0 Å². The summed E-state index contributed by atoms with van der Waals surface area (Å²) in [5.41, 5.74) is 6.72. The molecule has 0 spiro atoms. The van der Waals surface area contributed by atoms with Crippen LogP contribution in [-0.2, 0) is 14.5 Å². The largest absolute Gasteiger partial charge is 0.507 e. The molecule has 30 heavy (non-hydrogen) atoms. The van der Waals surface area contributed by atoms with E-state index in [2.05, 4.69) is 15.0 Å². The van der Waals surface area contributed by atoms with E-state index >= 15 is 0 Å². The Morgan fingerprint density at radius 1 is 1.27 bits per heavy atom. The van der Waals surface area contributed by atoms with Gasteiger partial charge in [-0.25, -0.2) is 19.7 Å². The summed E-state index contributed by atoms with van der Waals surface area (Å²) >= 11 is 0. The number of amides is 1. The zero-order valence-electron chi connectivity index (χ0n) is 15.5. The number of allylic oxidation sites excluding steroid dienone is 1. The molecule has 3 aromatic rings. The number of fused-ring (bicyclic) bond motifs is 1. The van der Waals surface area contributed by atoms with Crippen LogP contribution in [0.3, 0.4) is 0 Å². The van der Waals surface area contributed by atoms with Crippen LogP contribution in [0.15, 0.2) is 49.1 Å². The van der Waals surface area contributed by atoms with Crippen molar-refractivity contribution < 1.29 is 22.5 Å². The number of nitrogens with one attached hydrogen (secondary N) is 1. The third-order valence-electron chi connectivity index (χ3n) is 4.70. The van der Waals surface area contributed by atoms with Crippen molar-refractivity contribution >= 4 is 33.2 Å². The van der Waals surface area contributed by atoms with Gasteiger partial charge in [0.1, 0.15) is 17.6 Å². The van der Waals surface area contributed by atoms with E-state index in [1.165, 1.54) is 30.6 Å². The summed E-state index contributed by atoms with van der Waals surface area (Å²) in [6.07, 6.45) is 7.26. The monoisotopic (exact) mass is 430 g/mol. The number of carbonyl (C=O) groups excluding carboxylic acids is 1. The zero-order chi connectivity index (χ0) is 21.3. The molecule has 2 heterocycles. The number of rotatable bonds is 6. The van der Waals surface area contributed by atoms with Crippen molar-refractivity contribution in [3.63, 3.8) is 0 Å². The highest BCUT2D eigenvalue weighted by Crippen LogP contribution is 2.31. The van der Waals surface area contributed by atoms with Gasteiger partial charge in [0, 0.05) is 5.92 Å². The molecule has 0 radical (unpaired) electrons. The SMILES string of the molecule is Nc1ncnc2c1ncn2C1C=CC(COS(=O)(=O)NC(=O)c2ccccc2O)C1. The Morgan fingerprint density at radius 2 is 2.07 bits per heavy atom. The fourth-order valence-electron chi connectivity index (χ4n) is 3.24. The average Bonchev–Trinajstić information content (AvgIpc) is 3.34. The van der Waals surface area contributed by atoms with Crippen molar-refractivity contribution in [2.45, 2.75) is 12.5 Å². The fraction of sp³-hybridized carbons (Fsp3) is 0.222. The fourth-order valence-corrected chi connectivity index (χ4v) is 3.99. The minimum absolute atomic E-state index is 0.100. The first-order valence-electron chi connectivity index (χ1n) is 8.95. The normalized spacial score (nSPS) is 18.7. The van der Waals surface area contributed by atoms with Crippen LogP contribution >= 0.6 is 0 Å². The molecule has 2 atom stereocenters. The van der Waals surface area contributed by atoms with Crippen LogP contribution in [0.4, 0.5) is 5.82 Å². The Bertz CT molecular complexity index is 1240. The van der Waals surface area contributed by atoms with E-state index in [-0.39, 0.29) is 35.7 Å². The molecule has 156 valence electrons. The van der Waals surface area contributed by atoms with Crippen molar-refractivity contribution in [2.24, 2.45) is 5.92 Å². The standard InChI is InChI=1S/C18H18N6O5S/c19-16-15-17(21-9-20-16)24(10-22-15)12-6-5-11(7-12)8-29-30(27,28)23-18(26)13-3-1-2-4-14(13)25/h1-6,9-12,25H,7-8H2,(H,23,26)(H2,19,20,21). The second-order valence-electron chi connectivity index (χ2n) is 6.72. The van der Waals surface area contributed by atoms with Gasteiger partial charge in [-0.15, -0.1) is 0 Å². The first-order chi connectivity index (χ1) is 14.3. The quantitative estimate of drug-likeness (QED) is 0.483. The molecule has 1 aromatic carbocycles. The number of imidazole rings is 1. The number of hydrogen-bond acceptors (Lipinski definition) is 9. The maximum atomic E-state index is 12.1. The number of aromatic hydroxyl groups is 1. The molecule has 0 saturated carbocycles. The molecule has 2 aromatic heterocycles. The van der Waals surface area contributed by atoms with E-state index in [4.69, 9.17) is 9.92 Å². The number of anilines is 1. The highest BCUT2D eigenvalue weighted by Gasteiger charge is 2.26. The molecule has 1 amide bonds. The Morgan fingerprint density at radius 3 is 2.87 bits per heavy atom. The number of para-hydroxylation sites is 1. The summed E-state index contributed by atoms with van der Waals surface area (Å²) in [4.78, 5) is 24.4. The smallest absolute Gasteiger partial charge is 0.362 e. The first-order valence-corrected chi connectivity index (χ1v) is 10.4. The third kappa shape index (κ3) is 3.95. The molecule has 1 aliphatic rings. The highest BCUT2D eigenvalue weighted by atomic mass is 32.2. The van der Waals surface area contributed by atoms with Crippen LogP contribution in [0.2, 0.25) is 0 Å². The van der Waals surface area contributed by atoms with Crippen LogP contribution in [0, 0.1) is 5.92 Å². The third-order valence-corrected chi connectivity index (χ3v) is 5.58. The van der Waals surface area contributed by atoms with Crippen molar-refractivity contribution in [1.29, 1.82) is 0 Å². The van der Waals surface area contributed by atoms with E-state index in [0.29, 0.717) is 17.6 Å². The molecule has 4 rings (SSSR count).